The molecule has 1 aliphatic carbocycles. The van der Waals surface area contributed by atoms with Crippen LogP contribution in [0.5, 0.6) is 0 Å². The van der Waals surface area contributed by atoms with Crippen LogP contribution in [0.4, 0.5) is 0 Å². The molecular weight excluding hydrogens is 400 g/mol. The first kappa shape index (κ1) is 20.0. The summed E-state index contributed by atoms with van der Waals surface area (Å²) in [4.78, 5) is 39.1. The summed E-state index contributed by atoms with van der Waals surface area (Å²) in [6, 6.07) is 12.5. The Bertz CT molecular complexity index is 1130. The maximum absolute atomic E-state index is 12.5. The number of thiophene rings is 1. The minimum absolute atomic E-state index is 0.285. The molecule has 3 aromatic rings. The minimum Gasteiger partial charge on any atom is -0.287 e. The molecule has 8 heteroatoms. The summed E-state index contributed by atoms with van der Waals surface area (Å²) in [7, 11) is 0. The molecule has 154 valence electrons. The molecular formula is C22H22N4O3S. The predicted molar refractivity (Wildman–Crippen MR) is 115 cm³/mol. The summed E-state index contributed by atoms with van der Waals surface area (Å²) in [5, 5.41) is 4.20. The molecule has 2 amide bonds. The van der Waals surface area contributed by atoms with Gasteiger partial charge in [0.15, 0.2) is 5.69 Å². The number of nitrogens with one attached hydrogen (secondary N) is 2. The molecule has 2 aromatic heterocycles. The van der Waals surface area contributed by atoms with Crippen molar-refractivity contribution in [3.05, 3.63) is 79.4 Å². The number of hydrazine groups is 1. The zero-order valence-electron chi connectivity index (χ0n) is 16.6. The fraction of sp³-hybridized carbons (Fsp3) is 0.273. The molecule has 2 heterocycles. The van der Waals surface area contributed by atoms with Crippen LogP contribution in [0.3, 0.4) is 0 Å². The number of aryl methyl sites for hydroxylation is 3. The Morgan fingerprint density at radius 2 is 1.73 bits per heavy atom. The molecule has 0 spiro atoms. The molecule has 0 bridgehead atoms. The number of carbonyl (C=O) groups is 2. The van der Waals surface area contributed by atoms with Gasteiger partial charge < -0.3 is 0 Å². The van der Waals surface area contributed by atoms with Gasteiger partial charge in [0.25, 0.3) is 11.8 Å². The molecule has 2 N–H and O–H groups in total. The SMILES string of the molecule is Cc1cc(=O)c(C(=O)NNC(=O)c2cc3c(s2)CCCCC3)nn1-c1ccccc1. The van der Waals surface area contributed by atoms with Crippen molar-refractivity contribution >= 4 is 23.2 Å². The van der Waals surface area contributed by atoms with Crippen LogP contribution in [0.25, 0.3) is 5.69 Å². The van der Waals surface area contributed by atoms with E-state index < -0.39 is 17.2 Å². The third-order valence-corrected chi connectivity index (χ3v) is 6.32. The Morgan fingerprint density at radius 1 is 1.00 bits per heavy atom. The maximum Gasteiger partial charge on any atom is 0.294 e. The zero-order valence-corrected chi connectivity index (χ0v) is 17.4. The van der Waals surface area contributed by atoms with E-state index in [2.05, 4.69) is 16.0 Å². The smallest absolute Gasteiger partial charge is 0.287 e. The van der Waals surface area contributed by atoms with Crippen molar-refractivity contribution in [2.75, 3.05) is 0 Å². The number of nitrogens with zero attached hydrogens (tertiary/aromatic N) is 2. The van der Waals surface area contributed by atoms with E-state index in [4.69, 9.17) is 0 Å². The number of aromatic nitrogens is 2. The summed E-state index contributed by atoms with van der Waals surface area (Å²) in [5.41, 5.74) is 6.49. The van der Waals surface area contributed by atoms with Gasteiger partial charge in [-0.05, 0) is 56.4 Å². The minimum atomic E-state index is -0.754. The molecule has 1 aromatic carbocycles. The summed E-state index contributed by atoms with van der Waals surface area (Å²) in [6.07, 6.45) is 5.46. The monoisotopic (exact) mass is 422 g/mol. The Morgan fingerprint density at radius 3 is 2.53 bits per heavy atom. The van der Waals surface area contributed by atoms with Crippen molar-refractivity contribution in [3.8, 4) is 5.69 Å². The van der Waals surface area contributed by atoms with E-state index in [1.807, 2.05) is 36.4 Å². The number of rotatable bonds is 3. The van der Waals surface area contributed by atoms with Crippen LogP contribution >= 0.6 is 11.3 Å². The number of para-hydroxylation sites is 1. The third-order valence-electron chi connectivity index (χ3n) is 5.08. The molecule has 0 aliphatic heterocycles. The first-order valence-corrected chi connectivity index (χ1v) is 10.7. The van der Waals surface area contributed by atoms with E-state index in [9.17, 15) is 14.4 Å². The van der Waals surface area contributed by atoms with Crippen LogP contribution in [0.2, 0.25) is 0 Å². The Labute approximate surface area is 177 Å². The number of amides is 2. The number of carbonyl (C=O) groups excluding carboxylic acids is 2. The van der Waals surface area contributed by atoms with Crippen molar-refractivity contribution in [1.82, 2.24) is 20.6 Å². The maximum atomic E-state index is 12.5. The van der Waals surface area contributed by atoms with Crippen LogP contribution in [-0.2, 0) is 12.8 Å². The topological polar surface area (TPSA) is 93.1 Å². The standard InChI is InChI=1S/C22H22N4O3S/c1-14-12-17(27)20(25-26(14)16-9-5-3-6-10-16)22(29)24-23-21(28)19-13-15-8-4-2-7-11-18(15)30-19/h3,5-6,9-10,12-13H,2,4,7-8,11H2,1H3,(H,23,28)(H,24,29). The molecule has 0 saturated carbocycles. The van der Waals surface area contributed by atoms with Crippen molar-refractivity contribution in [2.24, 2.45) is 0 Å². The summed E-state index contributed by atoms with van der Waals surface area (Å²) in [5.74, 6) is -1.15. The average Bonchev–Trinajstić information content (AvgIpc) is 3.03. The van der Waals surface area contributed by atoms with Crippen LogP contribution in [0, 0.1) is 6.92 Å². The van der Waals surface area contributed by atoms with E-state index in [0.29, 0.717) is 10.6 Å². The van der Waals surface area contributed by atoms with Crippen molar-refractivity contribution in [3.63, 3.8) is 0 Å². The van der Waals surface area contributed by atoms with E-state index in [-0.39, 0.29) is 5.69 Å². The Kier molecular flexibility index (Phi) is 5.76. The molecule has 0 radical (unpaired) electrons. The first-order chi connectivity index (χ1) is 14.5. The highest BCUT2D eigenvalue weighted by atomic mass is 32.1. The van der Waals surface area contributed by atoms with Crippen LogP contribution < -0.4 is 16.3 Å². The lowest BCUT2D eigenvalue weighted by Gasteiger charge is -2.11. The normalized spacial score (nSPS) is 13.2. The van der Waals surface area contributed by atoms with Gasteiger partial charge in [-0.15, -0.1) is 11.3 Å². The highest BCUT2D eigenvalue weighted by molar-refractivity contribution is 7.14. The molecule has 1 aliphatic rings. The largest absolute Gasteiger partial charge is 0.294 e. The van der Waals surface area contributed by atoms with Crippen LogP contribution in [0.1, 0.15) is 55.6 Å². The van der Waals surface area contributed by atoms with Gasteiger partial charge in [0.1, 0.15) is 0 Å². The second kappa shape index (κ2) is 8.62. The van der Waals surface area contributed by atoms with Gasteiger partial charge in [0.05, 0.1) is 10.6 Å². The predicted octanol–water partition coefficient (Wildman–Crippen LogP) is 2.95. The van der Waals surface area contributed by atoms with Crippen molar-refractivity contribution < 1.29 is 9.59 Å². The second-order valence-corrected chi connectivity index (χ2v) is 8.41. The van der Waals surface area contributed by atoms with E-state index in [1.165, 1.54) is 38.9 Å². The summed E-state index contributed by atoms with van der Waals surface area (Å²) in [6.45, 7) is 1.74. The fourth-order valence-electron chi connectivity index (χ4n) is 3.55. The van der Waals surface area contributed by atoms with Crippen LogP contribution in [-0.4, -0.2) is 21.6 Å². The lowest BCUT2D eigenvalue weighted by Crippen LogP contribution is -2.43. The van der Waals surface area contributed by atoms with Gasteiger partial charge >= 0.3 is 0 Å². The molecule has 0 fully saturated rings. The molecule has 0 atom stereocenters. The molecule has 7 nitrogen and oxygen atoms in total. The van der Waals surface area contributed by atoms with Crippen molar-refractivity contribution in [1.29, 1.82) is 0 Å². The first-order valence-electron chi connectivity index (χ1n) is 9.91. The molecule has 0 unspecified atom stereocenters. The zero-order chi connectivity index (χ0) is 21.1. The third kappa shape index (κ3) is 4.18. The second-order valence-electron chi connectivity index (χ2n) is 7.27. The quantitative estimate of drug-likeness (QED) is 0.501. The lowest BCUT2D eigenvalue weighted by molar-refractivity contribution is 0.0844. The van der Waals surface area contributed by atoms with Gasteiger partial charge in [-0.3, -0.25) is 25.2 Å². The van der Waals surface area contributed by atoms with Gasteiger partial charge in [0, 0.05) is 16.6 Å². The Hall–Kier alpha value is -3.26. The number of fused-ring (bicyclic) bond motifs is 1. The molecule has 4 rings (SSSR count). The van der Waals surface area contributed by atoms with Gasteiger partial charge in [-0.25, -0.2) is 4.68 Å². The number of hydrogen-bond acceptors (Lipinski definition) is 5. The highest BCUT2D eigenvalue weighted by Gasteiger charge is 2.19. The Balaban J connectivity index is 1.49. The van der Waals surface area contributed by atoms with Crippen molar-refractivity contribution in [2.45, 2.75) is 39.0 Å². The number of benzene rings is 1. The van der Waals surface area contributed by atoms with Gasteiger partial charge in [-0.2, -0.15) is 5.10 Å². The summed E-state index contributed by atoms with van der Waals surface area (Å²) >= 11 is 1.46. The van der Waals surface area contributed by atoms with E-state index in [1.54, 1.807) is 6.92 Å². The lowest BCUT2D eigenvalue weighted by atomic mass is 10.1. The number of hydrogen-bond donors (Lipinski definition) is 2. The fourth-order valence-corrected chi connectivity index (χ4v) is 4.70. The molecule has 30 heavy (non-hydrogen) atoms. The van der Waals surface area contributed by atoms with E-state index in [0.717, 1.165) is 31.4 Å². The van der Waals surface area contributed by atoms with Gasteiger partial charge in [-0.1, -0.05) is 24.6 Å². The van der Waals surface area contributed by atoms with E-state index >= 15 is 0 Å². The molecule has 0 saturated heterocycles. The highest BCUT2D eigenvalue weighted by Crippen LogP contribution is 2.28. The van der Waals surface area contributed by atoms with Crippen LogP contribution in [0.15, 0.2) is 47.3 Å². The van der Waals surface area contributed by atoms with Gasteiger partial charge in [0.2, 0.25) is 5.43 Å². The average molecular weight is 423 g/mol. The summed E-state index contributed by atoms with van der Waals surface area (Å²) < 4.78 is 1.52.